The summed E-state index contributed by atoms with van der Waals surface area (Å²) in [6, 6.07) is 76.3. The van der Waals surface area contributed by atoms with Crippen LogP contribution in [0.5, 0.6) is 0 Å². The number of fused-ring (bicyclic) bond motifs is 3. The lowest BCUT2D eigenvalue weighted by Crippen LogP contribution is -2.31. The van der Waals surface area contributed by atoms with E-state index in [1.807, 2.05) is 91.0 Å². The lowest BCUT2D eigenvalue weighted by atomic mass is 9.88. The average molecular weight is 953 g/mol. The van der Waals surface area contributed by atoms with Gasteiger partial charge in [-0.3, -0.25) is 9.59 Å². The molecule has 0 radical (unpaired) electrons. The highest BCUT2D eigenvalue weighted by Gasteiger charge is 2.29. The minimum absolute atomic E-state index is 0.0539. The number of benzene rings is 10. The summed E-state index contributed by atoms with van der Waals surface area (Å²) in [5, 5.41) is 12.7. The third-order valence-electron chi connectivity index (χ3n) is 14.1. The zero-order valence-corrected chi connectivity index (χ0v) is 41.1. The van der Waals surface area contributed by atoms with Crippen molar-refractivity contribution in [1.29, 1.82) is 0 Å². The predicted molar refractivity (Wildman–Crippen MR) is 295 cm³/mol. The van der Waals surface area contributed by atoms with Crippen molar-refractivity contribution in [3.05, 3.63) is 263 Å². The van der Waals surface area contributed by atoms with Crippen LogP contribution in [-0.2, 0) is 11.4 Å². The molecule has 0 aromatic heterocycles. The molecular formula is C65H52N4O2S+2. The van der Waals surface area contributed by atoms with E-state index in [0.717, 1.165) is 93.5 Å². The first-order valence-corrected chi connectivity index (χ1v) is 25.3. The SMILES string of the molecule is CC(C)C(NC(=O)c1ccc(-c2cccc3cccc(-c4ccc(-c5cccc6cccc(-c7ccc(C(=O)NC(c8ccccc8)C(C)c8ccccc8)cc7)c56)c5c4=[N+]=S=[N+]=5)c23)cc1)c1ccccc1. The van der Waals surface area contributed by atoms with Crippen LogP contribution in [0.15, 0.2) is 224 Å². The number of amides is 2. The summed E-state index contributed by atoms with van der Waals surface area (Å²) >= 11 is 1.22. The van der Waals surface area contributed by atoms with Crippen LogP contribution in [0.1, 0.15) is 76.2 Å². The van der Waals surface area contributed by atoms with Gasteiger partial charge in [0.1, 0.15) is 0 Å². The van der Waals surface area contributed by atoms with E-state index in [1.165, 1.54) is 11.4 Å². The van der Waals surface area contributed by atoms with Crippen molar-refractivity contribution in [3.63, 3.8) is 0 Å². The molecule has 11 rings (SSSR count). The monoisotopic (exact) mass is 952 g/mol. The summed E-state index contributed by atoms with van der Waals surface area (Å²) in [5.74, 6) is 0.0614. The van der Waals surface area contributed by atoms with Crippen LogP contribution >= 0.6 is 0 Å². The molecule has 0 aliphatic carbocycles. The maximum atomic E-state index is 14.0. The minimum Gasteiger partial charge on any atom is -0.345 e. The molecule has 6 nitrogen and oxygen atoms in total. The van der Waals surface area contributed by atoms with Gasteiger partial charge in [0.25, 0.3) is 11.8 Å². The van der Waals surface area contributed by atoms with Crippen molar-refractivity contribution in [2.45, 2.75) is 38.8 Å². The van der Waals surface area contributed by atoms with E-state index in [9.17, 15) is 9.59 Å². The maximum absolute atomic E-state index is 14.0. The Morgan fingerprint density at radius 2 is 0.750 bits per heavy atom. The predicted octanol–water partition coefficient (Wildman–Crippen LogP) is 12.9. The number of hydrogen-bond donors (Lipinski definition) is 2. The van der Waals surface area contributed by atoms with Crippen molar-refractivity contribution < 1.29 is 9.59 Å². The Hall–Kier alpha value is -8.70. The summed E-state index contributed by atoms with van der Waals surface area (Å²) in [4.78, 5) is 27.7. The first-order chi connectivity index (χ1) is 35.3. The van der Waals surface area contributed by atoms with Gasteiger partial charge in [-0.25, -0.2) is 0 Å². The number of carbonyl (C=O) groups is 2. The summed E-state index contributed by atoms with van der Waals surface area (Å²) in [6.45, 7) is 6.42. The van der Waals surface area contributed by atoms with Gasteiger partial charge >= 0.3 is 22.1 Å². The highest BCUT2D eigenvalue weighted by atomic mass is 32.1. The van der Waals surface area contributed by atoms with Gasteiger partial charge in [-0.05, 0) is 114 Å². The van der Waals surface area contributed by atoms with Crippen molar-refractivity contribution in [1.82, 2.24) is 18.7 Å². The van der Waals surface area contributed by atoms with Gasteiger partial charge < -0.3 is 10.6 Å². The van der Waals surface area contributed by atoms with Crippen LogP contribution in [0, 0.1) is 5.92 Å². The summed E-state index contributed by atoms with van der Waals surface area (Å²) < 4.78 is 9.97. The molecule has 3 atom stereocenters. The fraction of sp³-hybridized carbons (Fsp3) is 0.108. The molecule has 2 N–H and O–H groups in total. The van der Waals surface area contributed by atoms with Gasteiger partial charge in [-0.15, -0.1) is 0 Å². The molecule has 0 saturated heterocycles. The van der Waals surface area contributed by atoms with E-state index in [0.29, 0.717) is 11.1 Å². The number of nitrogens with zero attached hydrogens (tertiary/aromatic N) is 2. The summed E-state index contributed by atoms with van der Waals surface area (Å²) in [7, 11) is 0. The normalized spacial score (nSPS) is 12.8. The third-order valence-corrected chi connectivity index (χ3v) is 14.6. The van der Waals surface area contributed by atoms with Crippen molar-refractivity contribution in [2.24, 2.45) is 5.92 Å². The molecule has 1 aliphatic rings. The molecular weight excluding hydrogens is 901 g/mol. The standard InChI is InChI=1S/C65H50N4O2S/c1-41(2)60(48-19-9-5-10-20-48)66-64(70)50-35-31-44(32-36-50)52-27-13-23-46-25-15-29-54(58(46)52)56-39-40-57(63-62(56)68-72-69-63)55-30-16-26-47-24-14-28-53(59(47)55)45-33-37-51(38-34-45)65(71)67-61(49-21-11-6-12-22-49)42(3)43-17-7-4-8-18-43/h4-42,60-61H,1-3H3/p+2. The molecule has 1 aliphatic heterocycles. The van der Waals surface area contributed by atoms with E-state index >= 15 is 0 Å². The molecule has 0 fully saturated rings. The van der Waals surface area contributed by atoms with Crippen LogP contribution in [0.4, 0.5) is 0 Å². The van der Waals surface area contributed by atoms with Gasteiger partial charge in [-0.1, -0.05) is 209 Å². The minimum atomic E-state index is -0.213. The smallest absolute Gasteiger partial charge is 0.345 e. The Bertz CT molecular complexity index is 3890. The zero-order chi connectivity index (χ0) is 49.1. The summed E-state index contributed by atoms with van der Waals surface area (Å²) in [5.41, 5.74) is 12.8. The molecule has 3 unspecified atom stereocenters. The Morgan fingerprint density at radius 1 is 0.375 bits per heavy atom. The molecule has 2 amide bonds. The Balaban J connectivity index is 0.914. The Labute approximate surface area is 423 Å². The highest BCUT2D eigenvalue weighted by molar-refractivity contribution is 7.55. The molecule has 1 heterocycles. The van der Waals surface area contributed by atoms with E-state index in [4.69, 9.17) is 8.08 Å². The molecule has 348 valence electrons. The van der Waals surface area contributed by atoms with Gasteiger partial charge in [0, 0.05) is 17.0 Å². The molecule has 72 heavy (non-hydrogen) atoms. The topological polar surface area (TPSA) is 86.4 Å². The fourth-order valence-electron chi connectivity index (χ4n) is 10.4. The second-order valence-corrected chi connectivity index (χ2v) is 19.4. The van der Waals surface area contributed by atoms with E-state index in [-0.39, 0.29) is 35.7 Å². The van der Waals surface area contributed by atoms with E-state index < -0.39 is 0 Å². The van der Waals surface area contributed by atoms with Crippen molar-refractivity contribution in [3.8, 4) is 44.5 Å². The first kappa shape index (κ1) is 45.7. The summed E-state index contributed by atoms with van der Waals surface area (Å²) in [6.07, 6.45) is 0. The molecule has 0 spiro atoms. The van der Waals surface area contributed by atoms with Crippen molar-refractivity contribution >= 4 is 44.7 Å². The number of nitrogens with one attached hydrogen (secondary N) is 2. The Morgan fingerprint density at radius 3 is 1.17 bits per heavy atom. The Kier molecular flexibility index (Phi) is 12.7. The van der Waals surface area contributed by atoms with Crippen LogP contribution in [-0.4, -0.2) is 11.8 Å². The van der Waals surface area contributed by atoms with Crippen LogP contribution in [0.2, 0.25) is 0 Å². The maximum Gasteiger partial charge on any atom is 0.700 e. The van der Waals surface area contributed by atoms with Crippen LogP contribution in [0.3, 0.4) is 0 Å². The second kappa shape index (κ2) is 20.0. The van der Waals surface area contributed by atoms with Crippen LogP contribution in [0.25, 0.3) is 66.1 Å². The first-order valence-electron chi connectivity index (χ1n) is 24.6. The van der Waals surface area contributed by atoms with Crippen LogP contribution < -0.4 is 29.4 Å². The quantitative estimate of drug-likeness (QED) is 0.113. The van der Waals surface area contributed by atoms with Gasteiger partial charge in [-0.2, -0.15) is 0 Å². The second-order valence-electron chi connectivity index (χ2n) is 18.9. The lowest BCUT2D eigenvalue weighted by molar-refractivity contribution is 0.0920. The van der Waals surface area contributed by atoms with Gasteiger partial charge in [0.2, 0.25) is 0 Å². The molecule has 0 saturated carbocycles. The van der Waals surface area contributed by atoms with Gasteiger partial charge in [0.05, 0.1) is 31.3 Å². The molecule has 0 bridgehead atoms. The fourth-order valence-corrected chi connectivity index (χ4v) is 10.9. The van der Waals surface area contributed by atoms with E-state index in [2.05, 4.69) is 165 Å². The average Bonchev–Trinajstić information content (AvgIpc) is 3.94. The highest BCUT2D eigenvalue weighted by Crippen LogP contribution is 2.39. The molecule has 10 aromatic carbocycles. The van der Waals surface area contributed by atoms with Gasteiger partial charge in [0.15, 0.2) is 0 Å². The zero-order valence-electron chi connectivity index (χ0n) is 40.3. The van der Waals surface area contributed by atoms with E-state index in [1.54, 1.807) is 0 Å². The third kappa shape index (κ3) is 8.89. The van der Waals surface area contributed by atoms with Crippen molar-refractivity contribution in [2.75, 3.05) is 0 Å². The lowest BCUT2D eigenvalue weighted by Gasteiger charge is -2.26. The molecule has 10 aromatic rings. The molecule has 7 heteroatoms. The largest absolute Gasteiger partial charge is 0.700 e. The number of carbonyl (C=O) groups excluding carboxylic acids is 2. The number of rotatable bonds is 13. The number of hydrogen-bond acceptors (Lipinski definition) is 2.